The fourth-order valence-corrected chi connectivity index (χ4v) is 2.33. The maximum atomic E-state index is 14.1. The Morgan fingerprint density at radius 2 is 2.00 bits per heavy atom. The summed E-state index contributed by atoms with van der Waals surface area (Å²) >= 11 is 0. The first-order chi connectivity index (χ1) is 9.22. The molecule has 0 bridgehead atoms. The van der Waals surface area contributed by atoms with Crippen molar-refractivity contribution in [2.75, 3.05) is 39.8 Å². The highest BCUT2D eigenvalue weighted by atomic mass is 19.1. The van der Waals surface area contributed by atoms with Gasteiger partial charge in [-0.3, -0.25) is 0 Å². The van der Waals surface area contributed by atoms with Gasteiger partial charge in [0, 0.05) is 45.4 Å². The Morgan fingerprint density at radius 3 is 2.68 bits per heavy atom. The van der Waals surface area contributed by atoms with Gasteiger partial charge in [0.05, 0.1) is 6.61 Å². The Morgan fingerprint density at radius 1 is 1.26 bits per heavy atom. The second-order valence-corrected chi connectivity index (χ2v) is 4.77. The van der Waals surface area contributed by atoms with E-state index in [9.17, 15) is 8.78 Å². The minimum absolute atomic E-state index is 0.0281. The topological polar surface area (TPSA) is 24.5 Å². The van der Waals surface area contributed by atoms with Crippen LogP contribution in [0.15, 0.2) is 12.1 Å². The van der Waals surface area contributed by atoms with Crippen LogP contribution in [0.1, 0.15) is 11.1 Å². The van der Waals surface area contributed by atoms with E-state index in [0.717, 1.165) is 32.7 Å². The van der Waals surface area contributed by atoms with Crippen LogP contribution in [0.3, 0.4) is 0 Å². The van der Waals surface area contributed by atoms with Gasteiger partial charge in [-0.25, -0.2) is 8.78 Å². The lowest BCUT2D eigenvalue weighted by Gasteiger charge is -2.27. The van der Waals surface area contributed by atoms with E-state index in [0.29, 0.717) is 12.0 Å². The number of nitrogens with one attached hydrogen (secondary N) is 1. The van der Waals surface area contributed by atoms with E-state index >= 15 is 0 Å². The van der Waals surface area contributed by atoms with Crippen LogP contribution in [0.5, 0.6) is 0 Å². The third-order valence-electron chi connectivity index (χ3n) is 3.46. The molecule has 0 unspecified atom stereocenters. The summed E-state index contributed by atoms with van der Waals surface area (Å²) in [5.41, 5.74) is 0.590. The molecule has 5 heteroatoms. The molecule has 1 N–H and O–H groups in total. The molecular formula is C14H20F2N2O. The minimum Gasteiger partial charge on any atom is -0.380 e. The fourth-order valence-electron chi connectivity index (χ4n) is 2.33. The third kappa shape index (κ3) is 3.72. The van der Waals surface area contributed by atoms with Crippen LogP contribution in [0.4, 0.5) is 8.78 Å². The van der Waals surface area contributed by atoms with E-state index in [-0.39, 0.29) is 12.2 Å². The summed E-state index contributed by atoms with van der Waals surface area (Å²) in [6, 6.07) is 2.86. The first-order valence-electron chi connectivity index (χ1n) is 6.60. The van der Waals surface area contributed by atoms with Gasteiger partial charge in [-0.05, 0) is 18.1 Å². The molecule has 1 aromatic carbocycles. The van der Waals surface area contributed by atoms with Crippen molar-refractivity contribution >= 4 is 0 Å². The van der Waals surface area contributed by atoms with Crippen molar-refractivity contribution < 1.29 is 13.5 Å². The highest BCUT2D eigenvalue weighted by molar-refractivity contribution is 5.27. The van der Waals surface area contributed by atoms with E-state index in [1.807, 2.05) is 0 Å². The molecule has 0 amide bonds. The molecule has 106 valence electrons. The van der Waals surface area contributed by atoms with Crippen LogP contribution in [0.25, 0.3) is 0 Å². The first-order valence-corrected chi connectivity index (χ1v) is 6.60. The molecule has 0 radical (unpaired) electrons. The number of piperazine rings is 1. The van der Waals surface area contributed by atoms with E-state index in [2.05, 4.69) is 10.2 Å². The Kier molecular flexibility index (Phi) is 5.24. The van der Waals surface area contributed by atoms with Crippen LogP contribution < -0.4 is 5.32 Å². The molecule has 0 spiro atoms. The van der Waals surface area contributed by atoms with Crippen LogP contribution in [0, 0.1) is 11.6 Å². The van der Waals surface area contributed by atoms with Crippen molar-refractivity contribution in [3.63, 3.8) is 0 Å². The van der Waals surface area contributed by atoms with Crippen molar-refractivity contribution in [1.82, 2.24) is 10.2 Å². The summed E-state index contributed by atoms with van der Waals surface area (Å²) in [4.78, 5) is 2.29. The Bertz CT molecular complexity index is 420. The number of hydrogen-bond donors (Lipinski definition) is 1. The van der Waals surface area contributed by atoms with Crippen molar-refractivity contribution in [2.45, 2.75) is 13.0 Å². The van der Waals surface area contributed by atoms with Crippen molar-refractivity contribution in [3.05, 3.63) is 34.9 Å². The lowest BCUT2D eigenvalue weighted by molar-refractivity contribution is 0.177. The lowest BCUT2D eigenvalue weighted by atomic mass is 10.1. The summed E-state index contributed by atoms with van der Waals surface area (Å²) in [6.07, 6.45) is 0.600. The molecule has 1 aromatic rings. The van der Waals surface area contributed by atoms with Gasteiger partial charge in [0.2, 0.25) is 0 Å². The fraction of sp³-hybridized carbons (Fsp3) is 0.571. The zero-order chi connectivity index (χ0) is 13.7. The van der Waals surface area contributed by atoms with Crippen LogP contribution in [0.2, 0.25) is 0 Å². The largest absolute Gasteiger partial charge is 0.380 e. The Balaban J connectivity index is 2.01. The number of halogens is 2. The monoisotopic (exact) mass is 270 g/mol. The second kappa shape index (κ2) is 6.93. The van der Waals surface area contributed by atoms with Gasteiger partial charge in [-0.15, -0.1) is 0 Å². The van der Waals surface area contributed by atoms with Gasteiger partial charge in [0.25, 0.3) is 0 Å². The number of hydrogen-bond acceptors (Lipinski definition) is 3. The third-order valence-corrected chi connectivity index (χ3v) is 3.46. The lowest BCUT2D eigenvalue weighted by Crippen LogP contribution is -2.44. The van der Waals surface area contributed by atoms with Crippen LogP contribution >= 0.6 is 0 Å². The zero-order valence-corrected chi connectivity index (χ0v) is 11.2. The van der Waals surface area contributed by atoms with Crippen molar-refractivity contribution in [3.8, 4) is 0 Å². The number of rotatable bonds is 5. The summed E-state index contributed by atoms with van der Waals surface area (Å²) in [5.74, 6) is -0.998. The SMILES string of the molecule is COCc1c(F)ccc(CCN2CCNCC2)c1F. The van der Waals surface area contributed by atoms with Crippen LogP contribution in [-0.2, 0) is 17.8 Å². The number of nitrogens with zero attached hydrogens (tertiary/aromatic N) is 1. The van der Waals surface area contributed by atoms with Gasteiger partial charge in [0.1, 0.15) is 11.6 Å². The molecule has 3 nitrogen and oxygen atoms in total. The molecular weight excluding hydrogens is 250 g/mol. The quantitative estimate of drug-likeness (QED) is 0.879. The molecule has 2 rings (SSSR count). The standard InChI is InChI=1S/C14H20F2N2O/c1-19-10-12-13(15)3-2-11(14(12)16)4-7-18-8-5-17-6-9-18/h2-3,17H,4-10H2,1H3. The second-order valence-electron chi connectivity index (χ2n) is 4.77. The highest BCUT2D eigenvalue weighted by Crippen LogP contribution is 2.18. The number of ether oxygens (including phenoxy) is 1. The summed E-state index contributed by atoms with van der Waals surface area (Å²) in [5, 5.41) is 3.28. The molecule has 1 aliphatic rings. The first kappa shape index (κ1) is 14.4. The number of methoxy groups -OCH3 is 1. The summed E-state index contributed by atoms with van der Waals surface area (Å²) in [7, 11) is 1.44. The summed E-state index contributed by atoms with van der Waals surface area (Å²) < 4.78 is 32.4. The summed E-state index contributed by atoms with van der Waals surface area (Å²) in [6.45, 7) is 4.68. The van der Waals surface area contributed by atoms with Crippen molar-refractivity contribution in [2.24, 2.45) is 0 Å². The average Bonchev–Trinajstić information content (AvgIpc) is 2.44. The Hall–Kier alpha value is -1.04. The normalized spacial score (nSPS) is 16.8. The zero-order valence-electron chi connectivity index (χ0n) is 11.2. The van der Waals surface area contributed by atoms with E-state index in [1.165, 1.54) is 19.2 Å². The van der Waals surface area contributed by atoms with Gasteiger partial charge in [0.15, 0.2) is 0 Å². The molecule has 1 aliphatic heterocycles. The minimum atomic E-state index is -0.537. The molecule has 1 saturated heterocycles. The maximum Gasteiger partial charge on any atom is 0.134 e. The molecule has 19 heavy (non-hydrogen) atoms. The smallest absolute Gasteiger partial charge is 0.134 e. The van der Waals surface area contributed by atoms with Gasteiger partial charge in [-0.1, -0.05) is 6.07 Å². The van der Waals surface area contributed by atoms with Crippen LogP contribution in [-0.4, -0.2) is 44.7 Å². The van der Waals surface area contributed by atoms with E-state index in [1.54, 1.807) is 0 Å². The number of benzene rings is 1. The van der Waals surface area contributed by atoms with Gasteiger partial charge >= 0.3 is 0 Å². The van der Waals surface area contributed by atoms with E-state index < -0.39 is 11.6 Å². The molecule has 0 aliphatic carbocycles. The van der Waals surface area contributed by atoms with Gasteiger partial charge in [-0.2, -0.15) is 0 Å². The molecule has 1 fully saturated rings. The van der Waals surface area contributed by atoms with Gasteiger partial charge < -0.3 is 15.0 Å². The Labute approximate surface area is 112 Å². The van der Waals surface area contributed by atoms with Crippen molar-refractivity contribution in [1.29, 1.82) is 0 Å². The molecule has 0 atom stereocenters. The maximum absolute atomic E-state index is 14.1. The predicted molar refractivity (Wildman–Crippen MR) is 70.1 cm³/mol. The molecule has 0 aromatic heterocycles. The molecule has 1 heterocycles. The van der Waals surface area contributed by atoms with E-state index in [4.69, 9.17) is 4.74 Å². The average molecular weight is 270 g/mol. The highest BCUT2D eigenvalue weighted by Gasteiger charge is 2.15. The predicted octanol–water partition coefficient (Wildman–Crippen LogP) is 1.56. The molecule has 0 saturated carbocycles.